The van der Waals surface area contributed by atoms with Crippen molar-refractivity contribution in [3.8, 4) is 0 Å². The van der Waals surface area contributed by atoms with E-state index in [-0.39, 0.29) is 17.1 Å². The number of hydrogen-bond donors (Lipinski definition) is 1. The molecule has 1 aromatic rings. The molecule has 0 radical (unpaired) electrons. The third-order valence-corrected chi connectivity index (χ3v) is 4.01. The van der Waals surface area contributed by atoms with Crippen LogP contribution in [0, 0.1) is 0 Å². The van der Waals surface area contributed by atoms with E-state index in [1.165, 1.54) is 0 Å². The van der Waals surface area contributed by atoms with Crippen LogP contribution < -0.4 is 10.8 Å². The largest absolute Gasteiger partial charge is 0.496 e. The summed E-state index contributed by atoms with van der Waals surface area (Å²) in [6.07, 6.45) is 1.87. The van der Waals surface area contributed by atoms with Gasteiger partial charge in [-0.2, -0.15) is 0 Å². The molecule has 1 amide bonds. The second kappa shape index (κ2) is 4.39. The predicted molar refractivity (Wildman–Crippen MR) is 74.5 cm³/mol. The summed E-state index contributed by atoms with van der Waals surface area (Å²) in [7, 11) is 3.01. The molecule has 1 aromatic heterocycles. The number of carbonyl (C=O) groups excluding carboxylic acids is 1. The Morgan fingerprint density at radius 3 is 2.26 bits per heavy atom. The summed E-state index contributed by atoms with van der Waals surface area (Å²) in [5, 5.41) is 2.62. The lowest BCUT2D eigenvalue weighted by Gasteiger charge is -2.32. The number of hydrogen-bond acceptors (Lipinski definition) is 3. The Labute approximate surface area is 114 Å². The molecule has 2 heterocycles. The normalized spacial score (nSPS) is 20.6. The van der Waals surface area contributed by atoms with Crippen LogP contribution in [0.2, 0.25) is 0 Å². The number of nitrogens with one attached hydrogen (secondary N) is 1. The molecule has 1 aliphatic heterocycles. The molecule has 1 fully saturated rings. The van der Waals surface area contributed by atoms with E-state index in [1.54, 1.807) is 17.7 Å². The van der Waals surface area contributed by atoms with Crippen LogP contribution in [0.3, 0.4) is 0 Å². The summed E-state index contributed by atoms with van der Waals surface area (Å²) in [5.41, 5.74) is 0.702. The van der Waals surface area contributed by atoms with Crippen molar-refractivity contribution in [3.05, 3.63) is 18.0 Å². The van der Waals surface area contributed by atoms with Crippen LogP contribution >= 0.6 is 0 Å². The van der Waals surface area contributed by atoms with Crippen LogP contribution in [0.4, 0.5) is 0 Å². The van der Waals surface area contributed by atoms with Crippen LogP contribution in [0.1, 0.15) is 38.2 Å². The first-order valence-corrected chi connectivity index (χ1v) is 6.42. The van der Waals surface area contributed by atoms with Crippen molar-refractivity contribution in [3.63, 3.8) is 0 Å². The molecule has 0 spiro atoms. The number of carbonyl (C=O) groups is 1. The number of aromatic nitrogens is 1. The molecule has 5 nitrogen and oxygen atoms in total. The van der Waals surface area contributed by atoms with Crippen molar-refractivity contribution < 1.29 is 14.1 Å². The van der Waals surface area contributed by atoms with E-state index in [2.05, 4.69) is 5.32 Å². The van der Waals surface area contributed by atoms with Crippen molar-refractivity contribution in [2.45, 2.75) is 38.9 Å². The summed E-state index contributed by atoms with van der Waals surface area (Å²) in [4.78, 5) is 11.7. The standard InChI is InChI=1S/C13H21BN2O3/c1-12(2)13(3,4)19-14(18-12)9-7-10(11(17)15-5)16(6)8-9/h7-8H,1-6H3,(H,15,17). The van der Waals surface area contributed by atoms with Crippen molar-refractivity contribution in [1.29, 1.82) is 0 Å². The van der Waals surface area contributed by atoms with Gasteiger partial charge in [0.25, 0.3) is 5.91 Å². The van der Waals surface area contributed by atoms with Gasteiger partial charge in [-0.3, -0.25) is 4.79 Å². The molecule has 2 rings (SSSR count). The zero-order valence-electron chi connectivity index (χ0n) is 12.4. The zero-order valence-corrected chi connectivity index (χ0v) is 12.4. The third kappa shape index (κ3) is 2.30. The average molecular weight is 264 g/mol. The minimum absolute atomic E-state index is 0.120. The number of rotatable bonds is 2. The number of aryl methyl sites for hydroxylation is 1. The predicted octanol–water partition coefficient (Wildman–Crippen LogP) is 0.684. The molecule has 0 bridgehead atoms. The van der Waals surface area contributed by atoms with Gasteiger partial charge >= 0.3 is 7.12 Å². The Balaban J connectivity index is 2.28. The van der Waals surface area contributed by atoms with Gasteiger partial charge in [0.2, 0.25) is 0 Å². The van der Waals surface area contributed by atoms with Crippen molar-refractivity contribution in [2.75, 3.05) is 7.05 Å². The maximum absolute atomic E-state index is 11.7. The second-order valence-electron chi connectivity index (χ2n) is 5.94. The van der Waals surface area contributed by atoms with E-state index < -0.39 is 7.12 Å². The molecule has 0 atom stereocenters. The van der Waals surface area contributed by atoms with Gasteiger partial charge in [-0.15, -0.1) is 0 Å². The first-order chi connectivity index (χ1) is 8.68. The lowest BCUT2D eigenvalue weighted by atomic mass is 9.81. The molecule has 0 unspecified atom stereocenters. The molecular weight excluding hydrogens is 243 g/mol. The topological polar surface area (TPSA) is 52.5 Å². The van der Waals surface area contributed by atoms with Gasteiger partial charge in [0.15, 0.2) is 0 Å². The fraction of sp³-hybridized carbons (Fsp3) is 0.615. The molecule has 0 saturated carbocycles. The highest BCUT2D eigenvalue weighted by atomic mass is 16.7. The zero-order chi connectivity index (χ0) is 14.4. The third-order valence-electron chi connectivity index (χ3n) is 4.01. The van der Waals surface area contributed by atoms with E-state index in [0.717, 1.165) is 5.46 Å². The van der Waals surface area contributed by atoms with Gasteiger partial charge in [-0.1, -0.05) is 0 Å². The summed E-state index contributed by atoms with van der Waals surface area (Å²) >= 11 is 0. The molecule has 1 aliphatic rings. The number of nitrogens with zero attached hydrogens (tertiary/aromatic N) is 1. The molecule has 1 saturated heterocycles. The highest BCUT2D eigenvalue weighted by molar-refractivity contribution is 6.62. The summed E-state index contributed by atoms with van der Waals surface area (Å²) in [6, 6.07) is 1.81. The second-order valence-corrected chi connectivity index (χ2v) is 5.94. The van der Waals surface area contributed by atoms with Crippen molar-refractivity contribution in [2.24, 2.45) is 7.05 Å². The lowest BCUT2D eigenvalue weighted by molar-refractivity contribution is 0.00578. The Kier molecular flexibility index (Phi) is 3.27. The van der Waals surface area contributed by atoms with Crippen LogP contribution in [-0.4, -0.2) is 35.8 Å². The van der Waals surface area contributed by atoms with Crippen LogP contribution in [0.25, 0.3) is 0 Å². The van der Waals surface area contributed by atoms with Gasteiger partial charge in [0.05, 0.1) is 11.2 Å². The first kappa shape index (κ1) is 14.2. The van der Waals surface area contributed by atoms with Crippen LogP contribution in [0.5, 0.6) is 0 Å². The van der Waals surface area contributed by atoms with Crippen molar-refractivity contribution >= 4 is 18.5 Å². The Hall–Kier alpha value is -1.27. The van der Waals surface area contributed by atoms with Crippen LogP contribution in [-0.2, 0) is 16.4 Å². The Morgan fingerprint density at radius 2 is 1.79 bits per heavy atom. The van der Waals surface area contributed by atoms with E-state index in [9.17, 15) is 4.79 Å². The fourth-order valence-electron chi connectivity index (χ4n) is 2.05. The summed E-state index contributed by atoms with van der Waals surface area (Å²) < 4.78 is 13.7. The van der Waals surface area contributed by atoms with E-state index in [4.69, 9.17) is 9.31 Å². The quantitative estimate of drug-likeness (QED) is 0.799. The Bertz CT molecular complexity index is 492. The van der Waals surface area contributed by atoms with E-state index in [1.807, 2.05) is 40.9 Å². The highest BCUT2D eigenvalue weighted by Crippen LogP contribution is 2.36. The lowest BCUT2D eigenvalue weighted by Crippen LogP contribution is -2.41. The number of amides is 1. The average Bonchev–Trinajstić information content (AvgIpc) is 2.77. The van der Waals surface area contributed by atoms with Gasteiger partial charge < -0.3 is 19.2 Å². The van der Waals surface area contributed by atoms with Crippen LogP contribution in [0.15, 0.2) is 12.3 Å². The minimum atomic E-state index is -0.436. The smallest absolute Gasteiger partial charge is 0.399 e. The molecular formula is C13H21BN2O3. The van der Waals surface area contributed by atoms with Crippen molar-refractivity contribution in [1.82, 2.24) is 9.88 Å². The first-order valence-electron chi connectivity index (χ1n) is 6.42. The highest BCUT2D eigenvalue weighted by Gasteiger charge is 2.52. The van der Waals surface area contributed by atoms with Gasteiger partial charge in [0.1, 0.15) is 5.69 Å². The van der Waals surface area contributed by atoms with Gasteiger partial charge in [-0.25, -0.2) is 0 Å². The molecule has 6 heteroatoms. The Morgan fingerprint density at radius 1 is 1.26 bits per heavy atom. The molecule has 0 aromatic carbocycles. The maximum Gasteiger partial charge on any atom is 0.496 e. The molecule has 19 heavy (non-hydrogen) atoms. The monoisotopic (exact) mass is 264 g/mol. The molecule has 0 aliphatic carbocycles. The molecule has 104 valence electrons. The van der Waals surface area contributed by atoms with Gasteiger partial charge in [-0.05, 0) is 33.8 Å². The van der Waals surface area contributed by atoms with E-state index >= 15 is 0 Å². The van der Waals surface area contributed by atoms with E-state index in [0.29, 0.717) is 5.69 Å². The fourth-order valence-corrected chi connectivity index (χ4v) is 2.05. The minimum Gasteiger partial charge on any atom is -0.399 e. The maximum atomic E-state index is 11.7. The van der Waals surface area contributed by atoms with Gasteiger partial charge in [0, 0.05) is 25.8 Å². The summed E-state index contributed by atoms with van der Waals surface area (Å²) in [6.45, 7) is 8.04. The SMILES string of the molecule is CNC(=O)c1cc(B2OC(C)(C)C(C)(C)O2)cn1C. The molecule has 1 N–H and O–H groups in total. The summed E-state index contributed by atoms with van der Waals surface area (Å²) in [5.74, 6) is -0.120.